The Balaban J connectivity index is 1.56. The van der Waals surface area contributed by atoms with Crippen LogP contribution in [-0.4, -0.2) is 19.7 Å². The van der Waals surface area contributed by atoms with Gasteiger partial charge in [0.2, 0.25) is 5.82 Å². The standard InChI is InChI=1S/C20H12F2N4O2S2/c1-10-15-19(30-16(10)18-24-17(25-28-18)14-3-2-4-29-14)23-9-26(20(15)27)8-11-5-12(21)7-13(22)6-11/h2-7,9H,8H2,1H3. The Morgan fingerprint density at radius 3 is 2.73 bits per heavy atom. The van der Waals surface area contributed by atoms with Gasteiger partial charge in [0.15, 0.2) is 0 Å². The number of benzene rings is 1. The summed E-state index contributed by atoms with van der Waals surface area (Å²) in [5.74, 6) is -0.592. The van der Waals surface area contributed by atoms with Crippen LogP contribution < -0.4 is 5.56 Å². The van der Waals surface area contributed by atoms with Crippen LogP contribution in [0.1, 0.15) is 11.1 Å². The molecule has 5 aromatic rings. The van der Waals surface area contributed by atoms with Crippen molar-refractivity contribution in [3.8, 4) is 21.5 Å². The SMILES string of the molecule is Cc1c(-c2nc(-c3cccs3)no2)sc2ncn(Cc3cc(F)cc(F)c3)c(=O)c12. The molecule has 0 aliphatic carbocycles. The highest BCUT2D eigenvalue weighted by Gasteiger charge is 2.21. The van der Waals surface area contributed by atoms with Crippen molar-refractivity contribution in [3.63, 3.8) is 0 Å². The fraction of sp³-hybridized carbons (Fsp3) is 0.100. The molecule has 1 aromatic carbocycles. The summed E-state index contributed by atoms with van der Waals surface area (Å²) in [6.45, 7) is 1.79. The van der Waals surface area contributed by atoms with E-state index in [1.165, 1.54) is 45.7 Å². The first-order chi connectivity index (χ1) is 14.5. The summed E-state index contributed by atoms with van der Waals surface area (Å²) in [7, 11) is 0. The van der Waals surface area contributed by atoms with Crippen LogP contribution >= 0.6 is 22.7 Å². The van der Waals surface area contributed by atoms with Gasteiger partial charge in [-0.2, -0.15) is 4.98 Å². The molecule has 10 heteroatoms. The molecule has 150 valence electrons. The lowest BCUT2D eigenvalue weighted by molar-refractivity contribution is 0.433. The molecule has 4 heterocycles. The number of rotatable bonds is 4. The largest absolute Gasteiger partial charge is 0.333 e. The Labute approximate surface area is 176 Å². The van der Waals surface area contributed by atoms with Crippen molar-refractivity contribution in [2.75, 3.05) is 0 Å². The highest BCUT2D eigenvalue weighted by molar-refractivity contribution is 7.22. The lowest BCUT2D eigenvalue weighted by Gasteiger charge is -2.06. The zero-order chi connectivity index (χ0) is 20.8. The molecular weight excluding hydrogens is 430 g/mol. The van der Waals surface area contributed by atoms with E-state index in [0.717, 1.165) is 10.9 Å². The molecule has 0 aliphatic rings. The maximum Gasteiger partial charge on any atom is 0.268 e. The predicted molar refractivity (Wildman–Crippen MR) is 111 cm³/mol. The molecule has 0 amide bonds. The van der Waals surface area contributed by atoms with E-state index in [1.807, 2.05) is 17.5 Å². The van der Waals surface area contributed by atoms with Gasteiger partial charge in [-0.05, 0) is 41.6 Å². The third kappa shape index (κ3) is 3.23. The van der Waals surface area contributed by atoms with Crippen LogP contribution in [0.4, 0.5) is 8.78 Å². The summed E-state index contributed by atoms with van der Waals surface area (Å²) < 4.78 is 33.7. The van der Waals surface area contributed by atoms with Crippen molar-refractivity contribution < 1.29 is 13.3 Å². The number of hydrogen-bond acceptors (Lipinski definition) is 7. The molecule has 0 bridgehead atoms. The quantitative estimate of drug-likeness (QED) is 0.397. The van der Waals surface area contributed by atoms with E-state index in [4.69, 9.17) is 4.52 Å². The number of hydrogen-bond donors (Lipinski definition) is 0. The van der Waals surface area contributed by atoms with Gasteiger partial charge in [0.1, 0.15) is 16.5 Å². The first-order valence-corrected chi connectivity index (χ1v) is 10.5. The van der Waals surface area contributed by atoms with E-state index in [-0.39, 0.29) is 12.1 Å². The minimum absolute atomic E-state index is 0.00412. The first-order valence-electron chi connectivity index (χ1n) is 8.81. The second kappa shape index (κ2) is 7.22. The number of aryl methyl sites for hydroxylation is 1. The van der Waals surface area contributed by atoms with Crippen molar-refractivity contribution in [2.24, 2.45) is 0 Å². The second-order valence-corrected chi connectivity index (χ2v) is 8.54. The average molecular weight is 442 g/mol. The van der Waals surface area contributed by atoms with Gasteiger partial charge in [0, 0.05) is 6.07 Å². The molecule has 5 rings (SSSR count). The third-order valence-corrected chi connectivity index (χ3v) is 6.61. The summed E-state index contributed by atoms with van der Waals surface area (Å²) >= 11 is 2.78. The van der Waals surface area contributed by atoms with Crippen LogP contribution in [0.15, 0.2) is 51.4 Å². The predicted octanol–water partition coefficient (Wildman–Crippen LogP) is 4.87. The van der Waals surface area contributed by atoms with Crippen LogP contribution in [0, 0.1) is 18.6 Å². The molecule has 0 N–H and O–H groups in total. The topological polar surface area (TPSA) is 73.8 Å². The Bertz CT molecular complexity index is 1420. The smallest absolute Gasteiger partial charge is 0.268 e. The van der Waals surface area contributed by atoms with Crippen molar-refractivity contribution in [1.29, 1.82) is 0 Å². The highest BCUT2D eigenvalue weighted by Crippen LogP contribution is 2.36. The van der Waals surface area contributed by atoms with Gasteiger partial charge in [0.25, 0.3) is 11.4 Å². The zero-order valence-electron chi connectivity index (χ0n) is 15.4. The van der Waals surface area contributed by atoms with Crippen LogP contribution in [0.3, 0.4) is 0 Å². The Morgan fingerprint density at radius 1 is 1.20 bits per heavy atom. The fourth-order valence-corrected chi connectivity index (χ4v) is 4.91. The fourth-order valence-electron chi connectivity index (χ4n) is 3.20. The normalized spacial score (nSPS) is 11.4. The van der Waals surface area contributed by atoms with Crippen molar-refractivity contribution >= 4 is 32.9 Å². The minimum Gasteiger partial charge on any atom is -0.333 e. The Morgan fingerprint density at radius 2 is 2.00 bits per heavy atom. The van der Waals surface area contributed by atoms with E-state index in [2.05, 4.69) is 15.1 Å². The maximum absolute atomic E-state index is 13.5. The van der Waals surface area contributed by atoms with Crippen LogP contribution in [0.5, 0.6) is 0 Å². The van der Waals surface area contributed by atoms with Gasteiger partial charge >= 0.3 is 0 Å². The third-order valence-electron chi connectivity index (χ3n) is 4.55. The van der Waals surface area contributed by atoms with Crippen molar-refractivity contribution in [2.45, 2.75) is 13.5 Å². The molecule has 0 aliphatic heterocycles. The zero-order valence-corrected chi connectivity index (χ0v) is 17.1. The molecule has 0 spiro atoms. The number of nitrogens with zero attached hydrogens (tertiary/aromatic N) is 4. The lowest BCUT2D eigenvalue weighted by atomic mass is 10.2. The molecule has 0 unspecified atom stereocenters. The minimum atomic E-state index is -0.695. The van der Waals surface area contributed by atoms with Crippen molar-refractivity contribution in [3.05, 3.63) is 75.2 Å². The second-order valence-electron chi connectivity index (χ2n) is 6.59. The molecule has 0 saturated carbocycles. The van der Waals surface area contributed by atoms with Gasteiger partial charge < -0.3 is 4.52 Å². The van der Waals surface area contributed by atoms with Crippen LogP contribution in [0.25, 0.3) is 31.7 Å². The van der Waals surface area contributed by atoms with Gasteiger partial charge in [0.05, 0.1) is 28.0 Å². The van der Waals surface area contributed by atoms with E-state index >= 15 is 0 Å². The molecule has 6 nitrogen and oxygen atoms in total. The summed E-state index contributed by atoms with van der Waals surface area (Å²) in [6.07, 6.45) is 1.37. The maximum atomic E-state index is 13.5. The van der Waals surface area contributed by atoms with E-state index in [0.29, 0.717) is 37.9 Å². The van der Waals surface area contributed by atoms with Gasteiger partial charge in [-0.3, -0.25) is 9.36 Å². The molecular formula is C20H12F2N4O2S2. The highest BCUT2D eigenvalue weighted by atomic mass is 32.1. The molecule has 0 fully saturated rings. The van der Waals surface area contributed by atoms with E-state index in [1.54, 1.807) is 6.92 Å². The first kappa shape index (κ1) is 18.8. The Hall–Kier alpha value is -3.24. The van der Waals surface area contributed by atoms with Gasteiger partial charge in [-0.15, -0.1) is 22.7 Å². The molecule has 0 saturated heterocycles. The summed E-state index contributed by atoms with van der Waals surface area (Å²) in [5.41, 5.74) is 0.706. The van der Waals surface area contributed by atoms with Crippen molar-refractivity contribution in [1.82, 2.24) is 19.7 Å². The number of fused-ring (bicyclic) bond motifs is 1. The Kier molecular flexibility index (Phi) is 4.52. The molecule has 30 heavy (non-hydrogen) atoms. The lowest BCUT2D eigenvalue weighted by Crippen LogP contribution is -2.21. The van der Waals surface area contributed by atoms with Crippen LogP contribution in [-0.2, 0) is 6.54 Å². The summed E-state index contributed by atoms with van der Waals surface area (Å²) in [5, 5.41) is 6.36. The number of aromatic nitrogens is 4. The summed E-state index contributed by atoms with van der Waals surface area (Å²) in [4.78, 5) is 23.9. The molecule has 4 aromatic heterocycles. The molecule has 0 atom stereocenters. The summed E-state index contributed by atoms with van der Waals surface area (Å²) in [6, 6.07) is 6.97. The van der Waals surface area contributed by atoms with Gasteiger partial charge in [-0.1, -0.05) is 11.2 Å². The average Bonchev–Trinajstić information content (AvgIpc) is 3.43. The monoisotopic (exact) mass is 442 g/mol. The number of halogens is 2. The van der Waals surface area contributed by atoms with Gasteiger partial charge in [-0.25, -0.2) is 13.8 Å². The number of thiophene rings is 2. The van der Waals surface area contributed by atoms with E-state index < -0.39 is 11.6 Å². The molecule has 0 radical (unpaired) electrons. The van der Waals surface area contributed by atoms with E-state index in [9.17, 15) is 13.6 Å². The van der Waals surface area contributed by atoms with Crippen LogP contribution in [0.2, 0.25) is 0 Å².